The number of methoxy groups -OCH3 is 1. The standard InChI is InChI=1S/C24H22ClN5O3/c1-14-10-17(6-9-19(26)31)11-15(2)21(14)33-23-20-22(28-24(25)29-23)27-13-30(20)12-16-4-7-18(32-3)8-5-16/h4-11,13H,12H2,1-3H3,(H2,26,31). The first kappa shape index (κ1) is 22.3. The molecular formula is C24H22ClN5O3. The van der Waals surface area contributed by atoms with E-state index in [2.05, 4.69) is 15.0 Å². The highest BCUT2D eigenvalue weighted by Crippen LogP contribution is 2.33. The molecule has 2 heterocycles. The van der Waals surface area contributed by atoms with E-state index in [4.69, 9.17) is 26.8 Å². The molecule has 0 spiro atoms. The second kappa shape index (κ2) is 9.30. The Morgan fingerprint density at radius 1 is 1.15 bits per heavy atom. The average molecular weight is 464 g/mol. The summed E-state index contributed by atoms with van der Waals surface area (Å²) in [7, 11) is 1.63. The van der Waals surface area contributed by atoms with Crippen LogP contribution in [0.1, 0.15) is 22.3 Å². The van der Waals surface area contributed by atoms with Gasteiger partial charge in [-0.2, -0.15) is 9.97 Å². The van der Waals surface area contributed by atoms with Gasteiger partial charge in [-0.1, -0.05) is 12.1 Å². The SMILES string of the molecule is COc1ccc(Cn2cnc3nc(Cl)nc(Oc4c(C)cc(C=CC(N)=O)cc4C)c32)cc1. The lowest BCUT2D eigenvalue weighted by Gasteiger charge is -2.14. The molecule has 0 unspecified atom stereocenters. The predicted octanol–water partition coefficient (Wildman–Crippen LogP) is 4.44. The molecule has 4 aromatic rings. The Bertz CT molecular complexity index is 1340. The van der Waals surface area contributed by atoms with Crippen LogP contribution in [0.25, 0.3) is 17.2 Å². The summed E-state index contributed by atoms with van der Waals surface area (Å²) in [5, 5.41) is 0.0449. The number of imidazole rings is 1. The Kier molecular flexibility index (Phi) is 6.28. The van der Waals surface area contributed by atoms with Crippen molar-refractivity contribution in [2.45, 2.75) is 20.4 Å². The molecule has 0 fully saturated rings. The summed E-state index contributed by atoms with van der Waals surface area (Å²) in [5.41, 5.74) is 9.89. The van der Waals surface area contributed by atoms with Gasteiger partial charge in [-0.05, 0) is 78.0 Å². The number of carbonyl (C=O) groups excluding carboxylic acids is 1. The normalized spacial score (nSPS) is 11.3. The molecule has 0 bridgehead atoms. The van der Waals surface area contributed by atoms with Crippen LogP contribution in [-0.4, -0.2) is 32.5 Å². The summed E-state index contributed by atoms with van der Waals surface area (Å²) in [6, 6.07) is 11.6. The number of fused-ring (bicyclic) bond motifs is 1. The van der Waals surface area contributed by atoms with E-state index in [1.54, 1.807) is 19.5 Å². The number of aryl methyl sites for hydroxylation is 2. The summed E-state index contributed by atoms with van der Waals surface area (Å²) in [6.07, 6.45) is 4.67. The van der Waals surface area contributed by atoms with Crippen molar-refractivity contribution in [1.29, 1.82) is 0 Å². The maximum absolute atomic E-state index is 11.0. The van der Waals surface area contributed by atoms with Crippen molar-refractivity contribution >= 4 is 34.7 Å². The van der Waals surface area contributed by atoms with Crippen molar-refractivity contribution in [3.05, 3.63) is 76.3 Å². The molecule has 0 aliphatic carbocycles. The zero-order chi connectivity index (χ0) is 23.5. The maximum Gasteiger partial charge on any atom is 0.250 e. The van der Waals surface area contributed by atoms with E-state index >= 15 is 0 Å². The Morgan fingerprint density at radius 3 is 2.48 bits per heavy atom. The number of primary amides is 1. The minimum Gasteiger partial charge on any atom is -0.497 e. The molecule has 0 saturated carbocycles. The van der Waals surface area contributed by atoms with Gasteiger partial charge in [-0.15, -0.1) is 0 Å². The van der Waals surface area contributed by atoms with Crippen molar-refractivity contribution in [2.75, 3.05) is 7.11 Å². The molecule has 0 radical (unpaired) electrons. The molecule has 4 rings (SSSR count). The molecule has 0 aliphatic heterocycles. The lowest BCUT2D eigenvalue weighted by atomic mass is 10.1. The van der Waals surface area contributed by atoms with E-state index in [9.17, 15) is 4.79 Å². The van der Waals surface area contributed by atoms with Gasteiger partial charge in [0.05, 0.1) is 13.4 Å². The lowest BCUT2D eigenvalue weighted by molar-refractivity contribution is -0.113. The predicted molar refractivity (Wildman–Crippen MR) is 127 cm³/mol. The highest BCUT2D eigenvalue weighted by Gasteiger charge is 2.17. The van der Waals surface area contributed by atoms with Gasteiger partial charge in [0.1, 0.15) is 11.5 Å². The van der Waals surface area contributed by atoms with E-state index in [0.717, 1.165) is 28.0 Å². The quantitative estimate of drug-likeness (QED) is 0.321. The van der Waals surface area contributed by atoms with Gasteiger partial charge >= 0.3 is 0 Å². The Labute approximate surface area is 195 Å². The Hall–Kier alpha value is -3.91. The van der Waals surface area contributed by atoms with Crippen LogP contribution in [-0.2, 0) is 11.3 Å². The number of aromatic nitrogens is 4. The third kappa shape index (κ3) is 4.96. The van der Waals surface area contributed by atoms with E-state index in [0.29, 0.717) is 29.3 Å². The third-order valence-electron chi connectivity index (χ3n) is 5.05. The van der Waals surface area contributed by atoms with Crippen LogP contribution in [0.3, 0.4) is 0 Å². The van der Waals surface area contributed by atoms with Gasteiger partial charge in [0.2, 0.25) is 17.1 Å². The average Bonchev–Trinajstić information content (AvgIpc) is 3.17. The fourth-order valence-electron chi connectivity index (χ4n) is 3.56. The fraction of sp³-hybridized carbons (Fsp3) is 0.167. The summed E-state index contributed by atoms with van der Waals surface area (Å²) in [5.74, 6) is 1.23. The molecule has 0 aliphatic rings. The van der Waals surface area contributed by atoms with Crippen molar-refractivity contribution in [3.8, 4) is 17.4 Å². The number of hydrogen-bond donors (Lipinski definition) is 1. The highest BCUT2D eigenvalue weighted by molar-refractivity contribution is 6.28. The number of benzene rings is 2. The number of carbonyl (C=O) groups is 1. The summed E-state index contributed by atoms with van der Waals surface area (Å²) in [4.78, 5) is 24.0. The number of halogens is 1. The van der Waals surface area contributed by atoms with Gasteiger partial charge in [-0.3, -0.25) is 4.79 Å². The van der Waals surface area contributed by atoms with Crippen LogP contribution in [0.5, 0.6) is 17.4 Å². The molecule has 168 valence electrons. The van der Waals surface area contributed by atoms with Crippen LogP contribution in [0.15, 0.2) is 48.8 Å². The fourth-order valence-corrected chi connectivity index (χ4v) is 3.71. The second-order valence-electron chi connectivity index (χ2n) is 7.51. The summed E-state index contributed by atoms with van der Waals surface area (Å²) >= 11 is 6.15. The number of hydrogen-bond acceptors (Lipinski definition) is 6. The van der Waals surface area contributed by atoms with E-state index in [1.807, 2.05) is 54.8 Å². The van der Waals surface area contributed by atoms with Crippen LogP contribution in [0.4, 0.5) is 0 Å². The lowest BCUT2D eigenvalue weighted by Crippen LogP contribution is -2.05. The smallest absolute Gasteiger partial charge is 0.250 e. The zero-order valence-electron chi connectivity index (χ0n) is 18.4. The molecule has 33 heavy (non-hydrogen) atoms. The van der Waals surface area contributed by atoms with Gasteiger partial charge in [0.15, 0.2) is 11.2 Å². The first-order chi connectivity index (χ1) is 15.8. The van der Waals surface area contributed by atoms with Crippen LogP contribution < -0.4 is 15.2 Å². The van der Waals surface area contributed by atoms with Gasteiger partial charge < -0.3 is 19.8 Å². The van der Waals surface area contributed by atoms with Crippen molar-refractivity contribution in [1.82, 2.24) is 19.5 Å². The Balaban J connectivity index is 1.72. The summed E-state index contributed by atoms with van der Waals surface area (Å²) in [6.45, 7) is 4.37. The monoisotopic (exact) mass is 463 g/mol. The molecule has 8 nitrogen and oxygen atoms in total. The molecule has 2 aromatic carbocycles. The minimum atomic E-state index is -0.506. The van der Waals surface area contributed by atoms with E-state index in [1.165, 1.54) is 6.08 Å². The Morgan fingerprint density at radius 2 is 1.85 bits per heavy atom. The number of rotatable bonds is 7. The van der Waals surface area contributed by atoms with Crippen molar-refractivity contribution < 1.29 is 14.3 Å². The van der Waals surface area contributed by atoms with Crippen LogP contribution in [0, 0.1) is 13.8 Å². The van der Waals surface area contributed by atoms with Gasteiger partial charge in [-0.25, -0.2) is 4.98 Å². The highest BCUT2D eigenvalue weighted by atomic mass is 35.5. The zero-order valence-corrected chi connectivity index (χ0v) is 19.1. The maximum atomic E-state index is 11.0. The number of nitrogens with two attached hydrogens (primary N) is 1. The first-order valence-corrected chi connectivity index (χ1v) is 10.5. The number of nitrogens with zero attached hydrogens (tertiary/aromatic N) is 4. The van der Waals surface area contributed by atoms with Crippen LogP contribution in [0.2, 0.25) is 5.28 Å². The number of amides is 1. The topological polar surface area (TPSA) is 105 Å². The van der Waals surface area contributed by atoms with Crippen LogP contribution >= 0.6 is 11.6 Å². The number of ether oxygens (including phenoxy) is 2. The molecule has 0 atom stereocenters. The van der Waals surface area contributed by atoms with E-state index < -0.39 is 5.91 Å². The largest absolute Gasteiger partial charge is 0.497 e. The van der Waals surface area contributed by atoms with E-state index in [-0.39, 0.29) is 5.28 Å². The molecular weight excluding hydrogens is 442 g/mol. The molecule has 2 N–H and O–H groups in total. The van der Waals surface area contributed by atoms with Crippen molar-refractivity contribution in [3.63, 3.8) is 0 Å². The third-order valence-corrected chi connectivity index (χ3v) is 5.22. The summed E-state index contributed by atoms with van der Waals surface area (Å²) < 4.78 is 13.4. The molecule has 2 aromatic heterocycles. The second-order valence-corrected chi connectivity index (χ2v) is 7.85. The molecule has 9 heteroatoms. The first-order valence-electron chi connectivity index (χ1n) is 10.1. The van der Waals surface area contributed by atoms with Gasteiger partial charge in [0.25, 0.3) is 0 Å². The van der Waals surface area contributed by atoms with Gasteiger partial charge in [0, 0.05) is 12.6 Å². The minimum absolute atomic E-state index is 0.0449. The van der Waals surface area contributed by atoms with Crippen molar-refractivity contribution in [2.24, 2.45) is 5.73 Å². The molecule has 0 saturated heterocycles. The molecule has 1 amide bonds.